The number of carbonyl (C=O) groups excluding carboxylic acids is 2. The first-order valence-corrected chi connectivity index (χ1v) is 7.37. The molecular weight excluding hydrogens is 280 g/mol. The number of likely N-dealkylation sites (N-methyl/N-ethyl adjacent to an activating group) is 1. The van der Waals surface area contributed by atoms with E-state index in [2.05, 4.69) is 11.9 Å². The van der Waals surface area contributed by atoms with Crippen molar-refractivity contribution >= 4 is 17.5 Å². The second-order valence-corrected chi connectivity index (χ2v) is 5.57. The van der Waals surface area contributed by atoms with Crippen molar-refractivity contribution in [1.29, 1.82) is 0 Å². The van der Waals surface area contributed by atoms with Crippen LogP contribution in [0, 0.1) is 5.92 Å². The summed E-state index contributed by atoms with van der Waals surface area (Å²) in [5.41, 5.74) is 1.12. The van der Waals surface area contributed by atoms with Gasteiger partial charge in [0.1, 0.15) is 0 Å². The molecule has 1 unspecified atom stereocenters. The predicted molar refractivity (Wildman–Crippen MR) is 85.8 cm³/mol. The number of anilines is 1. The van der Waals surface area contributed by atoms with Crippen LogP contribution in [0.3, 0.4) is 0 Å². The number of methoxy groups -OCH3 is 1. The summed E-state index contributed by atoms with van der Waals surface area (Å²) in [5, 5.41) is 2.65. The van der Waals surface area contributed by atoms with Gasteiger partial charge in [0.15, 0.2) is 0 Å². The van der Waals surface area contributed by atoms with E-state index in [1.165, 1.54) is 18.9 Å². The minimum atomic E-state index is -0.300. The Kier molecular flexibility index (Phi) is 5.33. The van der Waals surface area contributed by atoms with Crippen molar-refractivity contribution in [2.75, 3.05) is 26.0 Å². The van der Waals surface area contributed by atoms with Gasteiger partial charge in [-0.05, 0) is 43.0 Å². The van der Waals surface area contributed by atoms with Gasteiger partial charge in [-0.15, -0.1) is 0 Å². The lowest BCUT2D eigenvalue weighted by Gasteiger charge is -2.23. The maximum atomic E-state index is 12.5. The molecule has 2 rings (SSSR count). The van der Waals surface area contributed by atoms with Crippen LogP contribution in [0.25, 0.3) is 0 Å². The van der Waals surface area contributed by atoms with Crippen LogP contribution in [0.5, 0.6) is 0 Å². The van der Waals surface area contributed by atoms with Gasteiger partial charge in [0.25, 0.3) is 5.91 Å². The minimum absolute atomic E-state index is 0.0857. The molecule has 5 heteroatoms. The van der Waals surface area contributed by atoms with Crippen LogP contribution in [0.2, 0.25) is 0 Å². The summed E-state index contributed by atoms with van der Waals surface area (Å²) in [5.74, 6) is 0.182. The van der Waals surface area contributed by atoms with E-state index >= 15 is 0 Å². The van der Waals surface area contributed by atoms with Gasteiger partial charge < -0.3 is 15.0 Å². The molecule has 1 aromatic carbocycles. The smallest absolute Gasteiger partial charge is 0.253 e. The third-order valence-corrected chi connectivity index (χ3v) is 3.81. The summed E-state index contributed by atoms with van der Waals surface area (Å²) >= 11 is 0. The Balaban J connectivity index is 2.02. The molecular formula is C17H22N2O3. The van der Waals surface area contributed by atoms with Crippen molar-refractivity contribution in [3.63, 3.8) is 0 Å². The zero-order valence-electron chi connectivity index (χ0n) is 13.0. The average molecular weight is 302 g/mol. The van der Waals surface area contributed by atoms with Gasteiger partial charge in [0, 0.05) is 32.0 Å². The maximum Gasteiger partial charge on any atom is 0.253 e. The van der Waals surface area contributed by atoms with Gasteiger partial charge in [-0.1, -0.05) is 12.6 Å². The number of benzene rings is 1. The summed E-state index contributed by atoms with van der Waals surface area (Å²) in [7, 11) is 3.46. The molecule has 0 spiro atoms. The summed E-state index contributed by atoms with van der Waals surface area (Å²) in [4.78, 5) is 25.5. The van der Waals surface area contributed by atoms with Gasteiger partial charge in [0.05, 0.1) is 6.10 Å². The highest BCUT2D eigenvalue weighted by atomic mass is 16.5. The Morgan fingerprint density at radius 3 is 2.82 bits per heavy atom. The summed E-state index contributed by atoms with van der Waals surface area (Å²) in [6.07, 6.45) is 3.63. The third-order valence-electron chi connectivity index (χ3n) is 3.81. The first kappa shape index (κ1) is 16.2. The topological polar surface area (TPSA) is 58.6 Å². The first-order chi connectivity index (χ1) is 10.5. The van der Waals surface area contributed by atoms with Crippen LogP contribution in [-0.4, -0.2) is 43.5 Å². The third kappa shape index (κ3) is 4.18. The quantitative estimate of drug-likeness (QED) is 0.786. The molecule has 0 radical (unpaired) electrons. The number of carbonyl (C=O) groups is 2. The molecule has 22 heavy (non-hydrogen) atoms. The van der Waals surface area contributed by atoms with E-state index in [0.29, 0.717) is 23.7 Å². The number of nitrogens with one attached hydrogen (secondary N) is 1. The minimum Gasteiger partial charge on any atom is -0.379 e. The van der Waals surface area contributed by atoms with Crippen molar-refractivity contribution in [2.24, 2.45) is 5.92 Å². The van der Waals surface area contributed by atoms with Gasteiger partial charge in [-0.25, -0.2) is 0 Å². The van der Waals surface area contributed by atoms with Crippen molar-refractivity contribution in [1.82, 2.24) is 4.90 Å². The highest BCUT2D eigenvalue weighted by molar-refractivity contribution is 6.00. The van der Waals surface area contributed by atoms with Crippen LogP contribution in [0.1, 0.15) is 23.2 Å². The van der Waals surface area contributed by atoms with Crippen LogP contribution < -0.4 is 5.32 Å². The highest BCUT2D eigenvalue weighted by Crippen LogP contribution is 2.34. The molecule has 118 valence electrons. The Bertz CT molecular complexity index is 567. The van der Waals surface area contributed by atoms with E-state index < -0.39 is 0 Å². The summed E-state index contributed by atoms with van der Waals surface area (Å²) in [6, 6.07) is 6.88. The fraction of sp³-hybridized carbons (Fsp3) is 0.412. The Labute approximate surface area is 130 Å². The molecule has 0 aliphatic heterocycles. The fourth-order valence-electron chi connectivity index (χ4n) is 2.38. The highest BCUT2D eigenvalue weighted by Gasteiger charge is 2.32. The van der Waals surface area contributed by atoms with E-state index in [0.717, 1.165) is 0 Å². The number of hydrogen-bond acceptors (Lipinski definition) is 3. The molecule has 1 atom stereocenters. The molecule has 0 heterocycles. The van der Waals surface area contributed by atoms with Crippen LogP contribution in [-0.2, 0) is 9.53 Å². The van der Waals surface area contributed by atoms with E-state index in [1.54, 1.807) is 43.3 Å². The lowest BCUT2D eigenvalue weighted by atomic mass is 10.1. The molecule has 5 nitrogen and oxygen atoms in total. The second-order valence-electron chi connectivity index (χ2n) is 5.57. The molecule has 0 bridgehead atoms. The molecule has 2 amide bonds. The van der Waals surface area contributed by atoms with E-state index in [1.807, 2.05) is 0 Å². The Morgan fingerprint density at radius 1 is 1.50 bits per heavy atom. The van der Waals surface area contributed by atoms with Crippen LogP contribution in [0.15, 0.2) is 36.9 Å². The van der Waals surface area contributed by atoms with E-state index in [-0.39, 0.29) is 17.9 Å². The van der Waals surface area contributed by atoms with Crippen molar-refractivity contribution in [3.8, 4) is 0 Å². The number of rotatable bonds is 7. The monoisotopic (exact) mass is 302 g/mol. The molecule has 0 saturated heterocycles. The second kappa shape index (κ2) is 7.22. The molecule has 1 saturated carbocycles. The van der Waals surface area contributed by atoms with Crippen LogP contribution in [0.4, 0.5) is 5.69 Å². The zero-order valence-corrected chi connectivity index (χ0v) is 13.0. The van der Waals surface area contributed by atoms with Gasteiger partial charge in [-0.2, -0.15) is 0 Å². The lowest BCUT2D eigenvalue weighted by molar-refractivity contribution is -0.111. The van der Waals surface area contributed by atoms with Gasteiger partial charge in [0.2, 0.25) is 5.91 Å². The fourth-order valence-corrected chi connectivity index (χ4v) is 2.38. The number of ether oxygens (including phenoxy) is 1. The Morgan fingerprint density at radius 2 is 2.23 bits per heavy atom. The standard InChI is InChI=1S/C17H22N2O3/c1-4-16(20)18-14-7-5-6-13(10-14)17(21)19(2)11-15(22-3)12-8-9-12/h4-7,10,12,15H,1,8-9,11H2,2-3H3,(H,18,20). The number of nitrogens with zero attached hydrogens (tertiary/aromatic N) is 1. The zero-order chi connectivity index (χ0) is 16.1. The van der Waals surface area contributed by atoms with E-state index in [4.69, 9.17) is 4.74 Å². The van der Waals surface area contributed by atoms with Crippen molar-refractivity contribution in [3.05, 3.63) is 42.5 Å². The molecule has 1 aliphatic carbocycles. The Hall–Kier alpha value is -2.14. The predicted octanol–water partition coefficient (Wildman–Crippen LogP) is 2.31. The summed E-state index contributed by atoms with van der Waals surface area (Å²) < 4.78 is 5.46. The average Bonchev–Trinajstić information content (AvgIpc) is 3.36. The molecule has 1 N–H and O–H groups in total. The first-order valence-electron chi connectivity index (χ1n) is 7.37. The van der Waals surface area contributed by atoms with Gasteiger partial charge >= 0.3 is 0 Å². The normalized spacial score (nSPS) is 15.0. The lowest BCUT2D eigenvalue weighted by Crippen LogP contribution is -2.36. The largest absolute Gasteiger partial charge is 0.379 e. The maximum absolute atomic E-state index is 12.5. The van der Waals surface area contributed by atoms with Crippen molar-refractivity contribution < 1.29 is 14.3 Å². The number of amides is 2. The molecule has 1 aliphatic rings. The number of hydrogen-bond donors (Lipinski definition) is 1. The summed E-state index contributed by atoms with van der Waals surface area (Å²) in [6.45, 7) is 3.98. The molecule has 0 aromatic heterocycles. The molecule has 1 aromatic rings. The van der Waals surface area contributed by atoms with E-state index in [9.17, 15) is 9.59 Å². The SMILES string of the molecule is C=CC(=O)Nc1cccc(C(=O)N(C)CC(OC)C2CC2)c1. The van der Waals surface area contributed by atoms with Crippen molar-refractivity contribution in [2.45, 2.75) is 18.9 Å². The molecule has 1 fully saturated rings. The van der Waals surface area contributed by atoms with Gasteiger partial charge in [-0.3, -0.25) is 9.59 Å². The van der Waals surface area contributed by atoms with Crippen LogP contribution >= 0.6 is 0 Å².